The minimum atomic E-state index is -1.01. The maximum absolute atomic E-state index is 13.4. The first-order chi connectivity index (χ1) is 31.6. The number of aromatic nitrogens is 5. The van der Waals surface area contributed by atoms with E-state index in [1.54, 1.807) is 0 Å². The third-order valence-corrected chi connectivity index (χ3v) is 14.3. The van der Waals surface area contributed by atoms with Gasteiger partial charge in [0.1, 0.15) is 0 Å². The highest BCUT2D eigenvalue weighted by atomic mass is 16.4. The van der Waals surface area contributed by atoms with Gasteiger partial charge in [-0.15, -0.1) is 0 Å². The van der Waals surface area contributed by atoms with E-state index in [0.717, 1.165) is 66.0 Å². The number of nitrogens with zero attached hydrogens (tertiary/aromatic N) is 5. The van der Waals surface area contributed by atoms with Gasteiger partial charge in [0.05, 0.1) is 22.1 Å². The Balaban J connectivity index is 1.18. The maximum atomic E-state index is 13.4. The van der Waals surface area contributed by atoms with Crippen LogP contribution in [-0.2, 0) is 10.8 Å². The molecule has 0 fully saturated rings. The van der Waals surface area contributed by atoms with Crippen LogP contribution in [0.2, 0.25) is 0 Å². The van der Waals surface area contributed by atoms with Gasteiger partial charge in [-0.2, -0.15) is 9.97 Å². The largest absolute Gasteiger partial charge is 0.464 e. The molecule has 7 nitrogen and oxygen atoms in total. The lowest BCUT2D eigenvalue weighted by atomic mass is 9.78. The Morgan fingerprint density at radius 3 is 1.71 bits per heavy atom. The molecule has 65 heavy (non-hydrogen) atoms. The molecule has 3 heterocycles. The van der Waals surface area contributed by atoms with Crippen molar-refractivity contribution in [1.29, 1.82) is 0 Å². The molecule has 0 aliphatic heterocycles. The van der Waals surface area contributed by atoms with E-state index >= 15 is 0 Å². The van der Waals surface area contributed by atoms with Crippen molar-refractivity contribution in [3.05, 3.63) is 192 Å². The number of benzene rings is 8. The van der Waals surface area contributed by atoms with Crippen LogP contribution in [0.25, 0.3) is 106 Å². The summed E-state index contributed by atoms with van der Waals surface area (Å²) in [5, 5.41) is 14.9. The number of rotatable bonds is 4. The van der Waals surface area contributed by atoms with Gasteiger partial charge >= 0.3 is 6.09 Å². The van der Waals surface area contributed by atoms with Crippen molar-refractivity contribution in [2.45, 2.75) is 38.5 Å². The SMILES string of the molecule is CC1(C)c2ccccc2-c2cc3c4cc(-c5c6c(cc7c8ccccc8n(-c8nc(-c9ccccc9)nc(-c9ccccc9)n8)c57)-c5ccccc5C6(C)C)ccc4n(C(=O)O)c3cc21. The predicted octanol–water partition coefficient (Wildman–Crippen LogP) is 14.2. The maximum Gasteiger partial charge on any atom is 0.416 e. The molecule has 0 unspecified atom stereocenters. The Kier molecular flexibility index (Phi) is 7.59. The van der Waals surface area contributed by atoms with Gasteiger partial charge in [-0.3, -0.25) is 4.57 Å². The molecular formula is C58H41N5O2. The Bertz CT molecular complexity index is 3800. The molecule has 2 aliphatic carbocycles. The van der Waals surface area contributed by atoms with Crippen molar-refractivity contribution in [3.8, 4) is 62.1 Å². The quantitative estimate of drug-likeness (QED) is 0.191. The molecular weight excluding hydrogens is 799 g/mol. The highest BCUT2D eigenvalue weighted by Crippen LogP contribution is 2.56. The number of hydrogen-bond acceptors (Lipinski definition) is 4. The van der Waals surface area contributed by atoms with Gasteiger partial charge in [-0.05, 0) is 86.5 Å². The van der Waals surface area contributed by atoms with Gasteiger partial charge in [0.2, 0.25) is 5.95 Å². The summed E-state index contributed by atoms with van der Waals surface area (Å²) in [4.78, 5) is 29.1. The molecule has 0 amide bonds. The zero-order valence-electron chi connectivity index (χ0n) is 36.3. The van der Waals surface area contributed by atoms with Crippen LogP contribution in [0.4, 0.5) is 4.79 Å². The van der Waals surface area contributed by atoms with Crippen LogP contribution in [0, 0.1) is 0 Å². The van der Waals surface area contributed by atoms with Crippen molar-refractivity contribution >= 4 is 49.7 Å². The predicted molar refractivity (Wildman–Crippen MR) is 262 cm³/mol. The summed E-state index contributed by atoms with van der Waals surface area (Å²) in [6.07, 6.45) is -1.01. The first-order valence-corrected chi connectivity index (χ1v) is 22.1. The molecule has 2 aliphatic rings. The smallest absolute Gasteiger partial charge is 0.416 e. The molecule has 13 rings (SSSR count). The van der Waals surface area contributed by atoms with E-state index in [2.05, 4.69) is 135 Å². The average molecular weight is 840 g/mol. The summed E-state index contributed by atoms with van der Waals surface area (Å²) in [5.41, 5.74) is 16.0. The molecule has 0 bridgehead atoms. The van der Waals surface area contributed by atoms with Crippen LogP contribution in [0.1, 0.15) is 49.9 Å². The molecule has 3 aromatic heterocycles. The molecule has 310 valence electrons. The lowest BCUT2D eigenvalue weighted by molar-refractivity contribution is 0.198. The van der Waals surface area contributed by atoms with Gasteiger partial charge in [-0.25, -0.2) is 14.3 Å². The summed E-state index contributed by atoms with van der Waals surface area (Å²) < 4.78 is 3.70. The van der Waals surface area contributed by atoms with Gasteiger partial charge in [0.25, 0.3) is 0 Å². The van der Waals surface area contributed by atoms with Crippen LogP contribution >= 0.6 is 0 Å². The van der Waals surface area contributed by atoms with Crippen LogP contribution in [0.15, 0.2) is 170 Å². The zero-order chi connectivity index (χ0) is 43.9. The number of hydrogen-bond donors (Lipinski definition) is 1. The van der Waals surface area contributed by atoms with Crippen molar-refractivity contribution < 1.29 is 9.90 Å². The van der Waals surface area contributed by atoms with E-state index in [1.165, 1.54) is 37.9 Å². The van der Waals surface area contributed by atoms with E-state index in [9.17, 15) is 9.90 Å². The van der Waals surface area contributed by atoms with Crippen LogP contribution in [0.5, 0.6) is 0 Å². The molecule has 0 radical (unpaired) electrons. The fraction of sp³-hybridized carbons (Fsp3) is 0.103. The standard InChI is InChI=1S/C58H41N5O2/c1-57(2)44-24-14-11-21-36(44)39-30-41-40-29-35(27-28-48(40)62(56(64)65)49(41)32-46(39)57)50-51-42(37-22-12-15-25-45(37)58(51,3)4)31-43-38-23-13-16-26-47(38)63(52(43)50)55-60-53(33-17-7-5-8-18-33)59-54(61-55)34-19-9-6-10-20-34/h5-32H,1-4H3,(H,64,65). The third kappa shape index (κ3) is 5.12. The molecule has 8 aromatic carbocycles. The van der Waals surface area contributed by atoms with Crippen molar-refractivity contribution in [2.75, 3.05) is 0 Å². The van der Waals surface area contributed by atoms with E-state index in [-0.39, 0.29) is 5.41 Å². The average Bonchev–Trinajstić information content (AvgIpc) is 3.99. The molecule has 0 atom stereocenters. The molecule has 0 spiro atoms. The molecule has 1 N–H and O–H groups in total. The summed E-state index contributed by atoms with van der Waals surface area (Å²) in [6, 6.07) is 59.1. The first-order valence-electron chi connectivity index (χ1n) is 22.1. The van der Waals surface area contributed by atoms with Gasteiger partial charge < -0.3 is 5.11 Å². The van der Waals surface area contributed by atoms with E-state index in [4.69, 9.17) is 15.0 Å². The third-order valence-electron chi connectivity index (χ3n) is 14.3. The highest BCUT2D eigenvalue weighted by molar-refractivity contribution is 6.19. The number of para-hydroxylation sites is 1. The molecule has 0 saturated carbocycles. The minimum absolute atomic E-state index is 0.287. The summed E-state index contributed by atoms with van der Waals surface area (Å²) in [5.74, 6) is 1.67. The fourth-order valence-electron chi connectivity index (χ4n) is 11.3. The summed E-state index contributed by atoms with van der Waals surface area (Å²) in [6.45, 7) is 9.10. The van der Waals surface area contributed by atoms with Gasteiger partial charge in [0.15, 0.2) is 11.6 Å². The lowest BCUT2D eigenvalue weighted by Gasteiger charge is -2.26. The Morgan fingerprint density at radius 1 is 0.462 bits per heavy atom. The second-order valence-corrected chi connectivity index (χ2v) is 18.5. The number of carbonyl (C=O) groups is 1. The van der Waals surface area contributed by atoms with E-state index in [0.29, 0.717) is 28.6 Å². The van der Waals surface area contributed by atoms with Crippen molar-refractivity contribution in [2.24, 2.45) is 0 Å². The Morgan fingerprint density at radius 2 is 1.03 bits per heavy atom. The van der Waals surface area contributed by atoms with Crippen molar-refractivity contribution in [3.63, 3.8) is 0 Å². The fourth-order valence-corrected chi connectivity index (χ4v) is 11.3. The monoisotopic (exact) mass is 839 g/mol. The lowest BCUT2D eigenvalue weighted by Crippen LogP contribution is -2.17. The van der Waals surface area contributed by atoms with E-state index < -0.39 is 11.5 Å². The summed E-state index contributed by atoms with van der Waals surface area (Å²) in [7, 11) is 0. The molecule has 7 heteroatoms. The summed E-state index contributed by atoms with van der Waals surface area (Å²) >= 11 is 0. The van der Waals surface area contributed by atoms with Gasteiger partial charge in [0, 0.05) is 49.1 Å². The second kappa shape index (κ2) is 13.2. The van der Waals surface area contributed by atoms with Crippen LogP contribution in [-0.4, -0.2) is 35.3 Å². The van der Waals surface area contributed by atoms with Crippen LogP contribution in [0.3, 0.4) is 0 Å². The second-order valence-electron chi connectivity index (χ2n) is 18.5. The highest BCUT2D eigenvalue weighted by Gasteiger charge is 2.41. The Hall–Kier alpha value is -8.16. The van der Waals surface area contributed by atoms with E-state index in [1.807, 2.05) is 66.7 Å². The van der Waals surface area contributed by atoms with Crippen molar-refractivity contribution in [1.82, 2.24) is 24.1 Å². The normalized spacial score (nSPS) is 14.2. The number of fused-ring (bicyclic) bond motifs is 12. The minimum Gasteiger partial charge on any atom is -0.464 e. The van der Waals surface area contributed by atoms with Gasteiger partial charge in [-0.1, -0.05) is 161 Å². The topological polar surface area (TPSA) is 85.8 Å². The number of carboxylic acid groups (broad SMARTS) is 1. The zero-order valence-corrected chi connectivity index (χ0v) is 36.3. The first kappa shape index (κ1) is 37.4. The Labute approximate surface area is 374 Å². The molecule has 11 aromatic rings. The van der Waals surface area contributed by atoms with Crippen LogP contribution < -0.4 is 0 Å². The molecule has 0 saturated heterocycles.